The lowest BCUT2D eigenvalue weighted by Crippen LogP contribution is -2.54. The van der Waals surface area contributed by atoms with Crippen LogP contribution in [0, 0.1) is 23.0 Å². The van der Waals surface area contributed by atoms with E-state index >= 15 is 8.78 Å². The minimum Gasteiger partial charge on any atom is -0.472 e. The summed E-state index contributed by atoms with van der Waals surface area (Å²) in [5.74, 6) is 0.159. The van der Waals surface area contributed by atoms with Crippen LogP contribution in [0.4, 0.5) is 18.4 Å². The van der Waals surface area contributed by atoms with E-state index in [1.54, 1.807) is 34.0 Å². The number of benzene rings is 2. The van der Waals surface area contributed by atoms with Gasteiger partial charge in [0.25, 0.3) is 0 Å². The van der Waals surface area contributed by atoms with Gasteiger partial charge in [-0.15, -0.1) is 0 Å². The second kappa shape index (κ2) is 16.3. The van der Waals surface area contributed by atoms with Gasteiger partial charge in [0.1, 0.15) is 41.6 Å². The zero-order chi connectivity index (χ0) is 44.5. The van der Waals surface area contributed by atoms with Crippen molar-refractivity contribution in [2.24, 2.45) is 11.3 Å². The Morgan fingerprint density at radius 3 is 2.25 bits per heavy atom. The van der Waals surface area contributed by atoms with Crippen LogP contribution >= 0.6 is 0 Å². The van der Waals surface area contributed by atoms with Crippen LogP contribution in [0.2, 0.25) is 0 Å². The van der Waals surface area contributed by atoms with Crippen molar-refractivity contribution in [3.05, 3.63) is 66.0 Å². The first-order valence-corrected chi connectivity index (χ1v) is 21.5. The van der Waals surface area contributed by atoms with Gasteiger partial charge in [-0.25, -0.2) is 28.3 Å². The van der Waals surface area contributed by atoms with Crippen molar-refractivity contribution in [1.29, 1.82) is 0 Å². The van der Waals surface area contributed by atoms with Gasteiger partial charge in [-0.3, -0.25) is 9.69 Å². The highest BCUT2D eigenvalue weighted by atomic mass is 19.1. The number of aromatic amines is 2. The summed E-state index contributed by atoms with van der Waals surface area (Å²) in [4.78, 5) is 58.1. The van der Waals surface area contributed by atoms with Crippen molar-refractivity contribution in [1.82, 2.24) is 44.9 Å². The summed E-state index contributed by atoms with van der Waals surface area (Å²) in [6.45, 7) is 11.0. The van der Waals surface area contributed by atoms with Gasteiger partial charge >= 0.3 is 12.2 Å². The maximum absolute atomic E-state index is 16.6. The molecule has 3 saturated heterocycles. The number of nitrogens with zero attached hydrogens (tertiary/aromatic N) is 5. The molecule has 0 bridgehead atoms. The molecule has 18 heteroatoms. The van der Waals surface area contributed by atoms with E-state index < -0.39 is 35.3 Å². The summed E-state index contributed by atoms with van der Waals surface area (Å²) in [6, 6.07) is 6.98. The van der Waals surface area contributed by atoms with Gasteiger partial charge in [0.2, 0.25) is 5.91 Å². The molecule has 4 aliphatic rings. The van der Waals surface area contributed by atoms with Gasteiger partial charge in [-0.05, 0) is 61.3 Å². The van der Waals surface area contributed by atoms with Crippen molar-refractivity contribution in [2.75, 3.05) is 27.3 Å². The molecule has 0 aliphatic carbocycles. The monoisotopic (exact) mass is 869 g/mol. The van der Waals surface area contributed by atoms with Gasteiger partial charge in [0.15, 0.2) is 12.5 Å². The largest absolute Gasteiger partial charge is 0.472 e. The molecule has 3 amide bonds. The summed E-state index contributed by atoms with van der Waals surface area (Å²) in [5.41, 5.74) is 2.47. The van der Waals surface area contributed by atoms with Crippen molar-refractivity contribution < 1.29 is 42.1 Å². The summed E-state index contributed by atoms with van der Waals surface area (Å²) in [6.07, 6.45) is 5.03. The first kappa shape index (κ1) is 42.3. The number of epoxide rings is 1. The van der Waals surface area contributed by atoms with Crippen LogP contribution in [-0.4, -0.2) is 104 Å². The Labute approximate surface area is 363 Å². The third-order valence-electron chi connectivity index (χ3n) is 12.8. The first-order valence-electron chi connectivity index (χ1n) is 21.5. The molecule has 16 nitrogen and oxygen atoms in total. The smallest absolute Gasteiger partial charge is 0.407 e. The van der Waals surface area contributed by atoms with E-state index in [4.69, 9.17) is 23.9 Å². The molecule has 3 aromatic heterocycles. The predicted molar refractivity (Wildman–Crippen MR) is 227 cm³/mol. The van der Waals surface area contributed by atoms with E-state index in [2.05, 4.69) is 30.5 Å². The van der Waals surface area contributed by atoms with Crippen LogP contribution in [0.25, 0.3) is 44.7 Å². The molecule has 0 spiro atoms. The molecule has 3 fully saturated rings. The number of halogens is 2. The first-order chi connectivity index (χ1) is 30.2. The van der Waals surface area contributed by atoms with Gasteiger partial charge in [0.05, 0.1) is 72.9 Å². The number of imidazole rings is 2. The molecule has 5 aromatic rings. The van der Waals surface area contributed by atoms with Crippen LogP contribution < -0.4 is 15.4 Å². The van der Waals surface area contributed by atoms with Crippen molar-refractivity contribution in [3.8, 4) is 39.5 Å². The van der Waals surface area contributed by atoms with E-state index in [9.17, 15) is 14.4 Å². The highest BCUT2D eigenvalue weighted by Crippen LogP contribution is 2.46. The van der Waals surface area contributed by atoms with Gasteiger partial charge < -0.3 is 49.0 Å². The Morgan fingerprint density at radius 2 is 1.56 bits per heavy atom. The number of carbonyl (C=O) groups excluding carboxylic acids is 3. The second-order valence-corrected chi connectivity index (χ2v) is 18.2. The number of hydrogen-bond acceptors (Lipinski definition) is 10. The van der Waals surface area contributed by atoms with Crippen molar-refractivity contribution in [3.63, 3.8) is 0 Å². The Balaban J connectivity index is 0.940. The fourth-order valence-electron chi connectivity index (χ4n) is 9.54. The van der Waals surface area contributed by atoms with Crippen LogP contribution in [0.1, 0.15) is 84.0 Å². The van der Waals surface area contributed by atoms with Crippen LogP contribution in [0.3, 0.4) is 0 Å². The SMILES string of the molecule is COC(=O)N[C@H](C(C)C)C1OC1N1CCC[C@H]1c1ncc(-c2ccc3c(c2)c(F)c2n3COc3cc(-c4cnc([C@H]5CCCN5C(=O)[C@@H](NC(=O)OC)C(C)(C)C)[nH]4)cc(F)c3-2)[nH]1. The Bertz CT molecular complexity index is 2580. The third-order valence-corrected chi connectivity index (χ3v) is 12.8. The molecule has 4 aliphatic heterocycles. The minimum absolute atomic E-state index is 0.0196. The zero-order valence-corrected chi connectivity index (χ0v) is 36.4. The number of H-pyrrole nitrogens is 2. The summed E-state index contributed by atoms with van der Waals surface area (Å²) in [7, 11) is 2.60. The lowest BCUT2D eigenvalue weighted by atomic mass is 9.85. The number of nitrogens with one attached hydrogen (secondary N) is 4. The molecule has 0 saturated carbocycles. The number of likely N-dealkylation sites (tertiary alicyclic amines) is 2. The van der Waals surface area contributed by atoms with E-state index in [0.29, 0.717) is 46.6 Å². The molecule has 334 valence electrons. The molecule has 7 heterocycles. The molecule has 2 aromatic carbocycles. The molecule has 0 radical (unpaired) electrons. The van der Waals surface area contributed by atoms with Crippen molar-refractivity contribution in [2.45, 2.75) is 104 Å². The molecule has 9 rings (SSSR count). The molecule has 63 heavy (non-hydrogen) atoms. The number of amides is 3. The fourth-order valence-corrected chi connectivity index (χ4v) is 9.54. The third kappa shape index (κ3) is 7.66. The van der Waals surface area contributed by atoms with E-state index in [1.165, 1.54) is 20.3 Å². The van der Waals surface area contributed by atoms with Crippen LogP contribution in [0.15, 0.2) is 42.7 Å². The van der Waals surface area contributed by atoms with Gasteiger partial charge in [0, 0.05) is 29.6 Å². The highest BCUT2D eigenvalue weighted by Gasteiger charge is 2.53. The van der Waals surface area contributed by atoms with Crippen molar-refractivity contribution >= 4 is 29.0 Å². The minimum atomic E-state index is -0.832. The fraction of sp³-hybridized carbons (Fsp3) is 0.489. The number of rotatable bonds is 10. The Morgan fingerprint density at radius 1 is 0.889 bits per heavy atom. The average Bonchev–Trinajstić information content (AvgIpc) is 3.91. The zero-order valence-electron chi connectivity index (χ0n) is 36.4. The molecule has 2 unspecified atom stereocenters. The van der Waals surface area contributed by atoms with Crippen LogP contribution in [-0.2, 0) is 25.7 Å². The summed E-state index contributed by atoms with van der Waals surface area (Å²) < 4.78 is 56.5. The quantitative estimate of drug-likeness (QED) is 0.103. The molecular weight excluding hydrogens is 817 g/mol. The predicted octanol–water partition coefficient (Wildman–Crippen LogP) is 7.39. The highest BCUT2D eigenvalue weighted by molar-refractivity contribution is 5.93. The number of carbonyl (C=O) groups is 3. The number of hydrogen-bond donors (Lipinski definition) is 4. The molecule has 6 atom stereocenters. The van der Waals surface area contributed by atoms with E-state index in [0.717, 1.165) is 37.2 Å². The normalized spacial score (nSPS) is 21.8. The lowest BCUT2D eigenvalue weighted by Gasteiger charge is -2.35. The Kier molecular flexibility index (Phi) is 10.9. The topological polar surface area (TPSA) is 184 Å². The Hall–Kier alpha value is -6.01. The maximum atomic E-state index is 16.6. The second-order valence-electron chi connectivity index (χ2n) is 18.2. The number of fused-ring (bicyclic) bond motifs is 5. The molecule has 4 N–H and O–H groups in total. The number of alkyl carbamates (subject to hydrolysis) is 2. The number of methoxy groups -OCH3 is 2. The summed E-state index contributed by atoms with van der Waals surface area (Å²) in [5, 5.41) is 5.93. The lowest BCUT2D eigenvalue weighted by molar-refractivity contribution is -0.137. The number of aromatic nitrogens is 5. The summed E-state index contributed by atoms with van der Waals surface area (Å²) >= 11 is 0. The van der Waals surface area contributed by atoms with Gasteiger partial charge in [-0.2, -0.15) is 0 Å². The van der Waals surface area contributed by atoms with E-state index in [1.807, 2.05) is 46.8 Å². The van der Waals surface area contributed by atoms with Crippen LogP contribution in [0.5, 0.6) is 5.75 Å². The van der Waals surface area contributed by atoms with E-state index in [-0.39, 0.29) is 66.0 Å². The standard InChI is InChI=1S/C45H53F2N9O7/c1-22(2)35(52-43(58)60-6)37-42(63-37)55-15-9-11-31(55)40-48-19-27(50-40)23-12-13-29-25(16-23)34(47)36-33-26(46)17-24(18-32(33)62-21-56(29)36)28-20-49-39(51-28)30-10-8-14-54(30)41(57)38(45(3,4)5)53-44(59)61-7/h12-13,16-20,22,30-31,35,37-38,42H,8-11,14-15,21H2,1-7H3,(H,48,50)(H,49,51)(H,52,58)(H,53,59)/t30-,31+,35-,37?,38-,42?/m1/s1. The molecular formula is C45H53F2N9O7. The van der Waals surface area contributed by atoms with Gasteiger partial charge in [-0.1, -0.05) is 40.7 Å². The number of ether oxygens (including phenoxy) is 4. The maximum Gasteiger partial charge on any atom is 0.407 e. The average molecular weight is 870 g/mol.